The second-order valence-electron chi connectivity index (χ2n) is 7.07. The van der Waals surface area contributed by atoms with E-state index in [9.17, 15) is 9.59 Å². The molecule has 5 nitrogen and oxygen atoms in total. The molecule has 0 aromatic carbocycles. The highest BCUT2D eigenvalue weighted by molar-refractivity contribution is 7.15. The summed E-state index contributed by atoms with van der Waals surface area (Å²) >= 11 is 1.45. The number of hydrogen-bond donors (Lipinski definition) is 2. The fraction of sp³-hybridized carbons (Fsp3) is 0.667. The highest BCUT2D eigenvalue weighted by Crippen LogP contribution is 2.46. The van der Waals surface area contributed by atoms with Gasteiger partial charge in [0.1, 0.15) is 5.00 Å². The maximum absolute atomic E-state index is 12.4. The van der Waals surface area contributed by atoms with Gasteiger partial charge in [-0.25, -0.2) is 4.79 Å². The smallest absolute Gasteiger partial charge is 0.341 e. The molecule has 0 radical (unpaired) electrons. The lowest BCUT2D eigenvalue weighted by molar-refractivity contribution is -0.900. The van der Waals surface area contributed by atoms with Gasteiger partial charge in [-0.05, 0) is 49.5 Å². The Kier molecular flexibility index (Phi) is 5.56. The number of amides is 1. The Balaban J connectivity index is 1.67. The molecule has 24 heavy (non-hydrogen) atoms. The monoisotopic (exact) mass is 351 g/mol. The largest absolute Gasteiger partial charge is 0.462 e. The summed E-state index contributed by atoms with van der Waals surface area (Å²) in [6.07, 6.45) is 4.68. The summed E-state index contributed by atoms with van der Waals surface area (Å²) in [7, 11) is 0. The quantitative estimate of drug-likeness (QED) is 0.771. The highest BCUT2D eigenvalue weighted by Gasteiger charge is 2.32. The van der Waals surface area contributed by atoms with Gasteiger partial charge in [0, 0.05) is 5.92 Å². The maximum atomic E-state index is 12.4. The minimum Gasteiger partial charge on any atom is -0.462 e. The van der Waals surface area contributed by atoms with Gasteiger partial charge in [0.25, 0.3) is 5.91 Å². The molecule has 2 heterocycles. The number of piperidine rings is 1. The first-order valence-electron chi connectivity index (χ1n) is 9.00. The SMILES string of the molecule is CCOC(=O)c1c(C2CC2)csc1NC(=O)C[NH+]1CCC[C@H](C)C1. The number of ether oxygens (including phenoxy) is 1. The van der Waals surface area contributed by atoms with Crippen LogP contribution in [0, 0.1) is 5.92 Å². The Hall–Kier alpha value is -1.40. The Morgan fingerprint density at radius 3 is 2.83 bits per heavy atom. The lowest BCUT2D eigenvalue weighted by Crippen LogP contribution is -3.14. The molecule has 1 aliphatic carbocycles. The third kappa shape index (κ3) is 4.16. The normalized spacial score (nSPS) is 23.8. The summed E-state index contributed by atoms with van der Waals surface area (Å²) in [6.45, 7) is 6.98. The van der Waals surface area contributed by atoms with Gasteiger partial charge in [-0.1, -0.05) is 6.92 Å². The van der Waals surface area contributed by atoms with E-state index in [0.717, 1.165) is 31.5 Å². The molecule has 2 N–H and O–H groups in total. The predicted molar refractivity (Wildman–Crippen MR) is 94.8 cm³/mol. The molecule has 2 atom stereocenters. The molecule has 1 saturated heterocycles. The van der Waals surface area contributed by atoms with E-state index in [0.29, 0.717) is 35.6 Å². The van der Waals surface area contributed by atoms with Crippen molar-refractivity contribution < 1.29 is 19.2 Å². The molecule has 0 spiro atoms. The van der Waals surface area contributed by atoms with Crippen LogP contribution >= 0.6 is 11.3 Å². The van der Waals surface area contributed by atoms with Crippen molar-refractivity contribution in [1.82, 2.24) is 0 Å². The van der Waals surface area contributed by atoms with Crippen molar-refractivity contribution in [3.05, 3.63) is 16.5 Å². The Bertz CT molecular complexity index is 609. The van der Waals surface area contributed by atoms with Crippen LogP contribution in [0.5, 0.6) is 0 Å². The maximum Gasteiger partial charge on any atom is 0.341 e. The predicted octanol–water partition coefficient (Wildman–Crippen LogP) is 2.06. The van der Waals surface area contributed by atoms with Crippen LogP contribution in [0.25, 0.3) is 0 Å². The van der Waals surface area contributed by atoms with Crippen LogP contribution in [0.4, 0.5) is 5.00 Å². The van der Waals surface area contributed by atoms with Crippen molar-refractivity contribution in [3.63, 3.8) is 0 Å². The van der Waals surface area contributed by atoms with Crippen LogP contribution in [0.1, 0.15) is 61.4 Å². The second-order valence-corrected chi connectivity index (χ2v) is 7.95. The molecule has 6 heteroatoms. The number of anilines is 1. The van der Waals surface area contributed by atoms with E-state index >= 15 is 0 Å². The lowest BCUT2D eigenvalue weighted by atomic mass is 10.0. The number of likely N-dealkylation sites (tertiary alicyclic amines) is 1. The van der Waals surface area contributed by atoms with Crippen LogP contribution in [0.3, 0.4) is 0 Å². The van der Waals surface area contributed by atoms with Crippen molar-refractivity contribution in [2.45, 2.75) is 45.4 Å². The van der Waals surface area contributed by atoms with Crippen LogP contribution in [0.2, 0.25) is 0 Å². The molecular formula is C18H27N2O3S+. The standard InChI is InChI=1S/C18H26N2O3S/c1-3-23-18(22)16-14(13-6-7-13)11-24-17(16)19-15(21)10-20-8-4-5-12(2)9-20/h11-13H,3-10H2,1-2H3,(H,19,21)/p+1/t12-/m0/s1. The van der Waals surface area contributed by atoms with Gasteiger partial charge in [-0.15, -0.1) is 11.3 Å². The second kappa shape index (κ2) is 7.66. The van der Waals surface area contributed by atoms with E-state index in [-0.39, 0.29) is 11.9 Å². The summed E-state index contributed by atoms with van der Waals surface area (Å²) in [5.74, 6) is 0.823. The van der Waals surface area contributed by atoms with Gasteiger partial charge in [-0.3, -0.25) is 4.79 Å². The van der Waals surface area contributed by atoms with E-state index in [2.05, 4.69) is 12.2 Å². The van der Waals surface area contributed by atoms with Crippen LogP contribution in [-0.4, -0.2) is 38.1 Å². The first-order chi connectivity index (χ1) is 11.6. The molecule has 2 aliphatic rings. The zero-order valence-corrected chi connectivity index (χ0v) is 15.3. The van der Waals surface area contributed by atoms with Gasteiger partial charge < -0.3 is 15.0 Å². The van der Waals surface area contributed by atoms with Gasteiger partial charge >= 0.3 is 5.97 Å². The zero-order valence-electron chi connectivity index (χ0n) is 14.5. The van der Waals surface area contributed by atoms with Gasteiger partial charge in [0.15, 0.2) is 6.54 Å². The summed E-state index contributed by atoms with van der Waals surface area (Å²) in [5.41, 5.74) is 1.63. The number of thiophene rings is 1. The molecule has 1 aromatic rings. The van der Waals surface area contributed by atoms with E-state index in [1.165, 1.54) is 29.1 Å². The molecule has 2 fully saturated rings. The number of carbonyl (C=O) groups excluding carboxylic acids is 2. The zero-order chi connectivity index (χ0) is 17.1. The van der Waals surface area contributed by atoms with Gasteiger partial charge in [-0.2, -0.15) is 0 Å². The van der Waals surface area contributed by atoms with Crippen LogP contribution in [0.15, 0.2) is 5.38 Å². The van der Waals surface area contributed by atoms with E-state index in [1.807, 2.05) is 5.38 Å². The highest BCUT2D eigenvalue weighted by atomic mass is 32.1. The van der Waals surface area contributed by atoms with Gasteiger partial charge in [0.05, 0.1) is 25.3 Å². The van der Waals surface area contributed by atoms with E-state index in [1.54, 1.807) is 6.92 Å². The third-order valence-corrected chi connectivity index (χ3v) is 5.76. The fourth-order valence-corrected chi connectivity index (χ4v) is 4.57. The van der Waals surface area contributed by atoms with Crippen LogP contribution < -0.4 is 10.2 Å². The number of quaternary nitrogens is 1. The van der Waals surface area contributed by atoms with E-state index in [4.69, 9.17) is 4.74 Å². The fourth-order valence-electron chi connectivity index (χ4n) is 3.53. The molecule has 1 aromatic heterocycles. The molecule has 1 aliphatic heterocycles. The first-order valence-corrected chi connectivity index (χ1v) is 9.88. The molecule has 0 bridgehead atoms. The minimum absolute atomic E-state index is 0.00570. The van der Waals surface area contributed by atoms with Crippen molar-refractivity contribution in [2.75, 3.05) is 31.6 Å². The molecular weight excluding hydrogens is 324 g/mol. The molecule has 1 amide bonds. The lowest BCUT2D eigenvalue weighted by Gasteiger charge is -2.27. The Morgan fingerprint density at radius 2 is 2.17 bits per heavy atom. The number of rotatable bonds is 6. The van der Waals surface area contributed by atoms with Crippen molar-refractivity contribution in [1.29, 1.82) is 0 Å². The molecule has 132 valence electrons. The third-order valence-electron chi connectivity index (χ3n) is 4.84. The molecule has 1 saturated carbocycles. The summed E-state index contributed by atoms with van der Waals surface area (Å²) < 4.78 is 5.20. The topological polar surface area (TPSA) is 59.8 Å². The Morgan fingerprint density at radius 1 is 1.38 bits per heavy atom. The molecule has 1 unspecified atom stereocenters. The summed E-state index contributed by atoms with van der Waals surface area (Å²) in [4.78, 5) is 26.1. The number of esters is 1. The average molecular weight is 351 g/mol. The van der Waals surface area contributed by atoms with Crippen LogP contribution in [-0.2, 0) is 9.53 Å². The van der Waals surface area contributed by atoms with Crippen molar-refractivity contribution in [2.24, 2.45) is 5.92 Å². The first kappa shape index (κ1) is 17.4. The van der Waals surface area contributed by atoms with Crippen molar-refractivity contribution >= 4 is 28.2 Å². The number of carbonyl (C=O) groups is 2. The molecule has 3 rings (SSSR count). The minimum atomic E-state index is -0.310. The summed E-state index contributed by atoms with van der Waals surface area (Å²) in [6, 6.07) is 0. The number of hydrogen-bond acceptors (Lipinski definition) is 4. The van der Waals surface area contributed by atoms with Crippen molar-refractivity contribution in [3.8, 4) is 0 Å². The summed E-state index contributed by atoms with van der Waals surface area (Å²) in [5, 5.41) is 5.64. The number of nitrogens with one attached hydrogen (secondary N) is 2. The van der Waals surface area contributed by atoms with Gasteiger partial charge in [0.2, 0.25) is 0 Å². The Labute approximate surface area is 147 Å². The average Bonchev–Trinajstić information content (AvgIpc) is 3.29. The van der Waals surface area contributed by atoms with E-state index < -0.39 is 0 Å².